The number of oxazole rings is 1. The lowest BCUT2D eigenvalue weighted by atomic mass is 9.91. The molecule has 20 heavy (non-hydrogen) atoms. The summed E-state index contributed by atoms with van der Waals surface area (Å²) in [6, 6.07) is 3.81. The number of aromatic amines is 1. The maximum atomic E-state index is 11.4. The molecule has 0 fully saturated rings. The number of aromatic nitrogens is 2. The van der Waals surface area contributed by atoms with Gasteiger partial charge in [0.2, 0.25) is 11.4 Å². The smallest absolute Gasteiger partial charge is 0.248 e. The predicted molar refractivity (Wildman–Crippen MR) is 75.5 cm³/mol. The molecule has 5 heteroatoms. The molecule has 0 amide bonds. The molecule has 0 spiro atoms. The van der Waals surface area contributed by atoms with Crippen molar-refractivity contribution < 1.29 is 4.42 Å². The van der Waals surface area contributed by atoms with Crippen molar-refractivity contribution in [2.45, 2.75) is 45.2 Å². The molecule has 2 N–H and O–H groups in total. The minimum Gasteiger partial charge on any atom is -0.444 e. The maximum absolute atomic E-state index is 11.4. The zero-order valence-corrected chi connectivity index (χ0v) is 11.8. The van der Waals surface area contributed by atoms with E-state index < -0.39 is 0 Å². The van der Waals surface area contributed by atoms with Crippen molar-refractivity contribution in [3.05, 3.63) is 51.6 Å². The van der Waals surface area contributed by atoms with Gasteiger partial charge in [-0.25, -0.2) is 4.98 Å². The van der Waals surface area contributed by atoms with Gasteiger partial charge in [0.05, 0.1) is 12.2 Å². The summed E-state index contributed by atoms with van der Waals surface area (Å²) in [6.07, 6.45) is 4.81. The zero-order chi connectivity index (χ0) is 14.1. The summed E-state index contributed by atoms with van der Waals surface area (Å²) in [5, 5.41) is 3.55. The van der Waals surface area contributed by atoms with Crippen molar-refractivity contribution in [2.24, 2.45) is 0 Å². The van der Waals surface area contributed by atoms with Gasteiger partial charge >= 0.3 is 0 Å². The standard InChI is InChI=1S/C15H19N3O2/c1-9-8-16-15(20-9)10(2)17-12-4-3-5-13-11(12)6-7-14(19)18-13/h6-8,10,12,17H,3-5H2,1-2H3,(H,18,19). The average Bonchev–Trinajstić information content (AvgIpc) is 2.85. The number of rotatable bonds is 3. The lowest BCUT2D eigenvalue weighted by Gasteiger charge is -2.27. The second-order valence-electron chi connectivity index (χ2n) is 5.40. The predicted octanol–water partition coefficient (Wildman–Crippen LogP) is 2.40. The molecule has 106 valence electrons. The van der Waals surface area contributed by atoms with E-state index in [-0.39, 0.29) is 17.6 Å². The van der Waals surface area contributed by atoms with Gasteiger partial charge in [-0.3, -0.25) is 10.1 Å². The zero-order valence-electron chi connectivity index (χ0n) is 11.8. The minimum atomic E-state index is -0.0271. The summed E-state index contributed by atoms with van der Waals surface area (Å²) in [4.78, 5) is 18.6. The number of pyridine rings is 1. The number of nitrogens with zero attached hydrogens (tertiary/aromatic N) is 1. The molecule has 1 aliphatic rings. The molecular weight excluding hydrogens is 254 g/mol. The van der Waals surface area contributed by atoms with Crippen LogP contribution in [0.2, 0.25) is 0 Å². The Labute approximate surface area is 117 Å². The number of H-pyrrole nitrogens is 1. The number of hydrogen-bond donors (Lipinski definition) is 2. The molecule has 0 bridgehead atoms. The second-order valence-corrected chi connectivity index (χ2v) is 5.40. The van der Waals surface area contributed by atoms with Gasteiger partial charge in [0, 0.05) is 17.8 Å². The van der Waals surface area contributed by atoms with Crippen LogP contribution >= 0.6 is 0 Å². The van der Waals surface area contributed by atoms with E-state index >= 15 is 0 Å². The average molecular weight is 273 g/mol. The van der Waals surface area contributed by atoms with E-state index in [0.29, 0.717) is 5.89 Å². The van der Waals surface area contributed by atoms with Gasteiger partial charge in [-0.2, -0.15) is 0 Å². The molecule has 0 aliphatic heterocycles. The van der Waals surface area contributed by atoms with Crippen molar-refractivity contribution in [3.63, 3.8) is 0 Å². The fourth-order valence-electron chi connectivity index (χ4n) is 2.82. The van der Waals surface area contributed by atoms with E-state index in [1.807, 2.05) is 19.9 Å². The fourth-order valence-corrected chi connectivity index (χ4v) is 2.82. The van der Waals surface area contributed by atoms with E-state index in [9.17, 15) is 4.79 Å². The molecule has 3 rings (SSSR count). The van der Waals surface area contributed by atoms with Crippen LogP contribution in [0, 0.1) is 6.92 Å². The highest BCUT2D eigenvalue weighted by molar-refractivity contribution is 5.26. The number of nitrogens with one attached hydrogen (secondary N) is 2. The van der Waals surface area contributed by atoms with Gasteiger partial charge in [-0.1, -0.05) is 6.07 Å². The minimum absolute atomic E-state index is 0.0271. The summed E-state index contributed by atoms with van der Waals surface area (Å²) in [5.41, 5.74) is 2.21. The molecule has 0 saturated carbocycles. The molecule has 1 aliphatic carbocycles. The Morgan fingerprint density at radius 2 is 2.35 bits per heavy atom. The van der Waals surface area contributed by atoms with Crippen LogP contribution in [-0.2, 0) is 6.42 Å². The van der Waals surface area contributed by atoms with Crippen molar-refractivity contribution in [2.75, 3.05) is 0 Å². The summed E-state index contributed by atoms with van der Waals surface area (Å²) >= 11 is 0. The van der Waals surface area contributed by atoms with Crippen molar-refractivity contribution >= 4 is 0 Å². The molecule has 2 aromatic rings. The van der Waals surface area contributed by atoms with Crippen LogP contribution < -0.4 is 10.9 Å². The fraction of sp³-hybridized carbons (Fsp3) is 0.467. The summed E-state index contributed by atoms with van der Waals surface area (Å²) in [7, 11) is 0. The normalized spacial score (nSPS) is 19.6. The van der Waals surface area contributed by atoms with Crippen LogP contribution in [-0.4, -0.2) is 9.97 Å². The first-order chi connectivity index (χ1) is 9.63. The van der Waals surface area contributed by atoms with E-state index in [2.05, 4.69) is 15.3 Å². The third-order valence-electron chi connectivity index (χ3n) is 3.79. The Morgan fingerprint density at radius 1 is 1.50 bits per heavy atom. The Balaban J connectivity index is 1.81. The van der Waals surface area contributed by atoms with E-state index in [4.69, 9.17) is 4.42 Å². The van der Waals surface area contributed by atoms with E-state index in [0.717, 1.165) is 30.7 Å². The lowest BCUT2D eigenvalue weighted by Crippen LogP contribution is -2.29. The summed E-state index contributed by atoms with van der Waals surface area (Å²) < 4.78 is 5.56. The number of aryl methyl sites for hydroxylation is 2. The van der Waals surface area contributed by atoms with Crippen molar-refractivity contribution in [1.82, 2.24) is 15.3 Å². The van der Waals surface area contributed by atoms with Crippen molar-refractivity contribution in [1.29, 1.82) is 0 Å². The monoisotopic (exact) mass is 273 g/mol. The van der Waals surface area contributed by atoms with E-state index in [1.165, 1.54) is 5.56 Å². The Kier molecular flexibility index (Phi) is 3.44. The quantitative estimate of drug-likeness (QED) is 0.900. The molecular formula is C15H19N3O2. The molecule has 2 aromatic heterocycles. The van der Waals surface area contributed by atoms with Gasteiger partial charge in [0.15, 0.2) is 0 Å². The third-order valence-corrected chi connectivity index (χ3v) is 3.79. The topological polar surface area (TPSA) is 70.9 Å². The summed E-state index contributed by atoms with van der Waals surface area (Å²) in [6.45, 7) is 3.94. The van der Waals surface area contributed by atoms with E-state index in [1.54, 1.807) is 12.3 Å². The van der Waals surface area contributed by atoms with Gasteiger partial charge in [-0.15, -0.1) is 0 Å². The SMILES string of the molecule is Cc1cnc(C(C)NC2CCCc3[nH]c(=O)ccc32)o1. The van der Waals surface area contributed by atoms with Gasteiger partial charge in [0.25, 0.3) is 0 Å². The van der Waals surface area contributed by atoms with Gasteiger partial charge in [-0.05, 0) is 38.7 Å². The van der Waals surface area contributed by atoms with Crippen LogP contribution in [0.15, 0.2) is 27.5 Å². The molecule has 0 saturated heterocycles. The molecule has 0 radical (unpaired) electrons. The Hall–Kier alpha value is -1.88. The lowest BCUT2D eigenvalue weighted by molar-refractivity contribution is 0.351. The van der Waals surface area contributed by atoms with Crippen LogP contribution in [0.1, 0.15) is 54.8 Å². The highest BCUT2D eigenvalue weighted by Gasteiger charge is 2.23. The maximum Gasteiger partial charge on any atom is 0.248 e. The van der Waals surface area contributed by atoms with Crippen LogP contribution in [0.3, 0.4) is 0 Å². The van der Waals surface area contributed by atoms with Crippen LogP contribution in [0.25, 0.3) is 0 Å². The van der Waals surface area contributed by atoms with Gasteiger partial charge in [0.1, 0.15) is 5.76 Å². The van der Waals surface area contributed by atoms with Gasteiger partial charge < -0.3 is 9.40 Å². The second kappa shape index (κ2) is 5.25. The Bertz CT molecular complexity index is 659. The first kappa shape index (κ1) is 13.1. The van der Waals surface area contributed by atoms with Crippen molar-refractivity contribution in [3.8, 4) is 0 Å². The molecule has 2 unspecified atom stereocenters. The first-order valence-electron chi connectivity index (χ1n) is 7.04. The third kappa shape index (κ3) is 2.54. The molecule has 2 heterocycles. The molecule has 2 atom stereocenters. The highest BCUT2D eigenvalue weighted by Crippen LogP contribution is 2.29. The molecule has 0 aromatic carbocycles. The Morgan fingerprint density at radius 3 is 3.10 bits per heavy atom. The summed E-state index contributed by atoms with van der Waals surface area (Å²) in [5.74, 6) is 1.53. The number of fused-ring (bicyclic) bond motifs is 1. The number of hydrogen-bond acceptors (Lipinski definition) is 4. The van der Waals surface area contributed by atoms with Crippen LogP contribution in [0.5, 0.6) is 0 Å². The largest absolute Gasteiger partial charge is 0.444 e. The molecule has 5 nitrogen and oxygen atoms in total. The first-order valence-corrected chi connectivity index (χ1v) is 7.04. The highest BCUT2D eigenvalue weighted by atomic mass is 16.4. The van der Waals surface area contributed by atoms with Crippen LogP contribution in [0.4, 0.5) is 0 Å².